The maximum Gasteiger partial charge on any atom is 0.577 e. The van der Waals surface area contributed by atoms with Crippen molar-refractivity contribution in [1.82, 2.24) is 0 Å². The minimum Gasteiger partial charge on any atom is -0.226 e. The summed E-state index contributed by atoms with van der Waals surface area (Å²) in [5.41, 5.74) is -1.30. The van der Waals surface area contributed by atoms with Gasteiger partial charge in [-0.05, 0) is 46.6 Å². The standard InChI is InChI=1S/C21H38O7/c1-18(2,3)20(13-9-7-10-14-20)25-27-23-17(22)24-28-26-21(19(4,5)6)15-11-8-12-16-21/h7-16H2,1-6H3. The Hall–Kier alpha value is -0.890. The monoisotopic (exact) mass is 402 g/mol. The lowest BCUT2D eigenvalue weighted by Gasteiger charge is -2.44. The molecule has 2 saturated carbocycles. The number of rotatable bonds is 6. The lowest BCUT2D eigenvalue weighted by molar-refractivity contribution is -0.567. The molecule has 0 heterocycles. The maximum absolute atomic E-state index is 11.8. The van der Waals surface area contributed by atoms with Gasteiger partial charge in [-0.1, -0.05) is 80.1 Å². The Morgan fingerprint density at radius 2 is 0.929 bits per heavy atom. The zero-order valence-electron chi connectivity index (χ0n) is 18.4. The third-order valence-corrected chi connectivity index (χ3v) is 6.65. The lowest BCUT2D eigenvalue weighted by atomic mass is 9.68. The van der Waals surface area contributed by atoms with Gasteiger partial charge in [0.25, 0.3) is 0 Å². The molecule has 0 spiro atoms. The highest BCUT2D eigenvalue weighted by molar-refractivity contribution is 5.57. The summed E-state index contributed by atoms with van der Waals surface area (Å²) >= 11 is 0. The number of carbonyl (C=O) groups excluding carboxylic acids is 1. The molecule has 2 aliphatic rings. The van der Waals surface area contributed by atoms with Gasteiger partial charge in [0.2, 0.25) is 0 Å². The third-order valence-electron chi connectivity index (χ3n) is 6.65. The van der Waals surface area contributed by atoms with Crippen LogP contribution in [-0.4, -0.2) is 17.4 Å². The molecule has 0 N–H and O–H groups in total. The lowest BCUT2D eigenvalue weighted by Crippen LogP contribution is -2.47. The van der Waals surface area contributed by atoms with Crippen LogP contribution in [0.3, 0.4) is 0 Å². The summed E-state index contributed by atoms with van der Waals surface area (Å²) in [5, 5.41) is 9.58. The molecule has 0 bridgehead atoms. The fourth-order valence-electron chi connectivity index (χ4n) is 4.40. The largest absolute Gasteiger partial charge is 0.577 e. The van der Waals surface area contributed by atoms with Gasteiger partial charge in [-0.2, -0.15) is 14.6 Å². The molecule has 0 aromatic rings. The van der Waals surface area contributed by atoms with Crippen LogP contribution in [0, 0.1) is 10.8 Å². The van der Waals surface area contributed by atoms with Crippen molar-refractivity contribution in [2.24, 2.45) is 10.8 Å². The van der Waals surface area contributed by atoms with E-state index in [1.165, 1.54) is 12.8 Å². The van der Waals surface area contributed by atoms with Crippen molar-refractivity contribution in [2.45, 2.75) is 117 Å². The van der Waals surface area contributed by atoms with E-state index in [9.17, 15) is 4.79 Å². The molecule has 2 rings (SSSR count). The van der Waals surface area contributed by atoms with Crippen LogP contribution in [0.1, 0.15) is 106 Å². The molecule has 0 aliphatic heterocycles. The maximum atomic E-state index is 11.8. The second kappa shape index (κ2) is 9.28. The molecule has 0 amide bonds. The van der Waals surface area contributed by atoms with Crippen molar-refractivity contribution >= 4 is 6.16 Å². The highest BCUT2D eigenvalue weighted by Crippen LogP contribution is 2.46. The topological polar surface area (TPSA) is 72.5 Å². The molecule has 0 atom stereocenters. The van der Waals surface area contributed by atoms with Crippen molar-refractivity contribution in [1.29, 1.82) is 0 Å². The molecule has 164 valence electrons. The van der Waals surface area contributed by atoms with Crippen LogP contribution < -0.4 is 0 Å². The van der Waals surface area contributed by atoms with Gasteiger partial charge >= 0.3 is 6.16 Å². The van der Waals surface area contributed by atoms with E-state index in [4.69, 9.17) is 19.9 Å². The summed E-state index contributed by atoms with van der Waals surface area (Å²) in [6.07, 6.45) is 8.79. The molecule has 7 heteroatoms. The molecule has 2 aliphatic carbocycles. The SMILES string of the molecule is CC(C)(C)C1(OOOC(=O)OOOC2(C(C)(C)C)CCCCC2)CCCCC1. The van der Waals surface area contributed by atoms with Crippen LogP contribution in [0.2, 0.25) is 0 Å². The molecule has 0 saturated heterocycles. The Kier molecular flexibility index (Phi) is 7.76. The van der Waals surface area contributed by atoms with E-state index in [2.05, 4.69) is 51.3 Å². The Labute approximate surface area is 169 Å². The van der Waals surface area contributed by atoms with E-state index in [0.717, 1.165) is 51.4 Å². The van der Waals surface area contributed by atoms with Gasteiger partial charge in [-0.3, -0.25) is 0 Å². The Bertz CT molecular complexity index is 448. The second-order valence-electron chi connectivity index (χ2n) is 10.3. The fourth-order valence-corrected chi connectivity index (χ4v) is 4.40. The average Bonchev–Trinajstić information content (AvgIpc) is 2.61. The van der Waals surface area contributed by atoms with Crippen molar-refractivity contribution in [3.8, 4) is 0 Å². The second-order valence-corrected chi connectivity index (χ2v) is 10.3. The van der Waals surface area contributed by atoms with E-state index in [-0.39, 0.29) is 10.8 Å². The highest BCUT2D eigenvalue weighted by atomic mass is 17.6. The zero-order chi connectivity index (χ0) is 20.9. The van der Waals surface area contributed by atoms with Crippen LogP contribution in [0.15, 0.2) is 0 Å². The summed E-state index contributed by atoms with van der Waals surface area (Å²) < 4.78 is 0. The van der Waals surface area contributed by atoms with Crippen LogP contribution in [0.4, 0.5) is 4.79 Å². The molecule has 2 fully saturated rings. The molecule has 7 nitrogen and oxygen atoms in total. The fraction of sp³-hybridized carbons (Fsp3) is 0.952. The van der Waals surface area contributed by atoms with Gasteiger partial charge in [0.15, 0.2) is 0 Å². The molecule has 28 heavy (non-hydrogen) atoms. The summed E-state index contributed by atoms with van der Waals surface area (Å²) in [6.45, 7) is 12.5. The van der Waals surface area contributed by atoms with Gasteiger partial charge in [-0.25, -0.2) is 9.78 Å². The quantitative estimate of drug-likeness (QED) is 0.378. The number of hydrogen-bond donors (Lipinski definition) is 0. The van der Waals surface area contributed by atoms with Crippen LogP contribution in [0.5, 0.6) is 0 Å². The summed E-state index contributed by atoms with van der Waals surface area (Å²) in [4.78, 5) is 32.1. The predicted molar refractivity (Wildman–Crippen MR) is 102 cm³/mol. The van der Waals surface area contributed by atoms with Gasteiger partial charge in [-0.15, -0.1) is 0 Å². The molecule has 0 aromatic heterocycles. The van der Waals surface area contributed by atoms with E-state index in [1.54, 1.807) is 0 Å². The van der Waals surface area contributed by atoms with E-state index in [1.807, 2.05) is 0 Å². The molecule has 0 radical (unpaired) electrons. The first-order valence-electron chi connectivity index (χ1n) is 10.6. The first-order chi connectivity index (χ1) is 13.0. The van der Waals surface area contributed by atoms with Crippen molar-refractivity contribution in [3.05, 3.63) is 0 Å². The minimum atomic E-state index is -1.17. The highest BCUT2D eigenvalue weighted by Gasteiger charge is 2.47. The Balaban J connectivity index is 1.78. The van der Waals surface area contributed by atoms with Crippen LogP contribution in [-0.2, 0) is 29.6 Å². The summed E-state index contributed by atoms with van der Waals surface area (Å²) in [5.74, 6) is 0. The summed E-state index contributed by atoms with van der Waals surface area (Å²) in [7, 11) is 0. The predicted octanol–water partition coefficient (Wildman–Crippen LogP) is 6.36. The third kappa shape index (κ3) is 5.59. The van der Waals surface area contributed by atoms with E-state index in [0.29, 0.717) is 0 Å². The first-order valence-corrected chi connectivity index (χ1v) is 10.6. The molecule has 0 unspecified atom stereocenters. The first kappa shape index (κ1) is 23.4. The van der Waals surface area contributed by atoms with Crippen molar-refractivity contribution in [2.75, 3.05) is 0 Å². The van der Waals surface area contributed by atoms with Crippen LogP contribution in [0.25, 0.3) is 0 Å². The zero-order valence-corrected chi connectivity index (χ0v) is 18.4. The Morgan fingerprint density at radius 1 is 0.607 bits per heavy atom. The van der Waals surface area contributed by atoms with Crippen molar-refractivity contribution in [3.63, 3.8) is 0 Å². The minimum absolute atomic E-state index is 0.152. The van der Waals surface area contributed by atoms with Gasteiger partial charge in [0.05, 0.1) is 0 Å². The Morgan fingerprint density at radius 3 is 1.21 bits per heavy atom. The normalized spacial score (nSPS) is 22.5. The van der Waals surface area contributed by atoms with E-state index < -0.39 is 17.4 Å². The molecule has 0 aromatic carbocycles. The average molecular weight is 403 g/mol. The molecular formula is C21H38O7. The number of hydrogen-bond acceptors (Lipinski definition) is 7. The van der Waals surface area contributed by atoms with Gasteiger partial charge in [0, 0.05) is 0 Å². The van der Waals surface area contributed by atoms with Crippen LogP contribution >= 0.6 is 0 Å². The smallest absolute Gasteiger partial charge is 0.226 e. The van der Waals surface area contributed by atoms with Gasteiger partial charge in [0.1, 0.15) is 11.2 Å². The van der Waals surface area contributed by atoms with Crippen molar-refractivity contribution < 1.29 is 34.4 Å². The number of carbonyl (C=O) groups is 1. The molecular weight excluding hydrogens is 364 g/mol. The summed E-state index contributed by atoms with van der Waals surface area (Å²) in [6, 6.07) is 0. The van der Waals surface area contributed by atoms with E-state index >= 15 is 0 Å². The van der Waals surface area contributed by atoms with Gasteiger partial charge < -0.3 is 0 Å².